The zero-order valence-corrected chi connectivity index (χ0v) is 15.2. The van der Waals surface area contributed by atoms with Gasteiger partial charge in [0, 0.05) is 33.6 Å². The lowest BCUT2D eigenvalue weighted by Gasteiger charge is -2.22. The van der Waals surface area contributed by atoms with E-state index in [1.807, 2.05) is 24.1 Å². The number of halogens is 2. The summed E-state index contributed by atoms with van der Waals surface area (Å²) in [5.41, 5.74) is 1.05. The number of methoxy groups -OCH3 is 1. The lowest BCUT2D eigenvalue weighted by atomic mass is 10.2. The van der Waals surface area contributed by atoms with Crippen LogP contribution >= 0.6 is 23.2 Å². The quantitative estimate of drug-likeness (QED) is 0.351. The molecule has 0 heterocycles. The van der Waals surface area contributed by atoms with E-state index in [-0.39, 0.29) is 5.97 Å². The molecule has 0 saturated carbocycles. The first-order chi connectivity index (χ1) is 11.0. The van der Waals surface area contributed by atoms with Crippen molar-refractivity contribution in [1.82, 2.24) is 10.2 Å². The number of guanidine groups is 1. The molecule has 1 rings (SSSR count). The fourth-order valence-corrected chi connectivity index (χ4v) is 2.39. The second-order valence-corrected chi connectivity index (χ2v) is 5.93. The summed E-state index contributed by atoms with van der Waals surface area (Å²) in [6.07, 6.45) is 2.10. The van der Waals surface area contributed by atoms with Crippen LogP contribution in [0, 0.1) is 0 Å². The topological polar surface area (TPSA) is 53.9 Å². The average Bonchev–Trinajstić information content (AvgIpc) is 2.53. The number of rotatable bonds is 7. The van der Waals surface area contributed by atoms with E-state index >= 15 is 0 Å². The summed E-state index contributed by atoms with van der Waals surface area (Å²) in [4.78, 5) is 17.3. The first-order valence-corrected chi connectivity index (χ1v) is 8.16. The van der Waals surface area contributed by atoms with Gasteiger partial charge in [-0.05, 0) is 30.5 Å². The zero-order chi connectivity index (χ0) is 17.2. The maximum atomic E-state index is 11.0. The van der Waals surface area contributed by atoms with Crippen molar-refractivity contribution in [2.45, 2.75) is 25.8 Å². The van der Waals surface area contributed by atoms with E-state index in [1.165, 1.54) is 7.11 Å². The number of ether oxygens (including phenoxy) is 1. The van der Waals surface area contributed by atoms with E-state index in [2.05, 4.69) is 15.0 Å². The largest absolute Gasteiger partial charge is 0.469 e. The third-order valence-corrected chi connectivity index (χ3v) is 4.03. The third-order valence-electron chi connectivity index (χ3n) is 3.30. The number of nitrogens with one attached hydrogen (secondary N) is 1. The molecule has 128 valence electrons. The molecule has 1 aromatic rings. The molecule has 0 saturated heterocycles. The van der Waals surface area contributed by atoms with Crippen LogP contribution in [0.4, 0.5) is 0 Å². The van der Waals surface area contributed by atoms with Crippen LogP contribution in [0.25, 0.3) is 0 Å². The van der Waals surface area contributed by atoms with Gasteiger partial charge in [0.2, 0.25) is 0 Å². The van der Waals surface area contributed by atoms with Crippen LogP contribution in [-0.2, 0) is 16.1 Å². The van der Waals surface area contributed by atoms with E-state index in [1.54, 1.807) is 13.1 Å². The van der Waals surface area contributed by atoms with Crippen LogP contribution in [0.2, 0.25) is 10.0 Å². The molecule has 1 aromatic carbocycles. The molecule has 0 aliphatic rings. The molecule has 0 amide bonds. The van der Waals surface area contributed by atoms with Gasteiger partial charge in [-0.2, -0.15) is 0 Å². The fraction of sp³-hybridized carbons (Fsp3) is 0.500. The maximum Gasteiger partial charge on any atom is 0.305 e. The highest BCUT2D eigenvalue weighted by Crippen LogP contribution is 2.23. The van der Waals surface area contributed by atoms with Crippen molar-refractivity contribution in [1.29, 1.82) is 0 Å². The Labute approximate surface area is 147 Å². The number of benzene rings is 1. The molecule has 0 fully saturated rings. The average molecular weight is 360 g/mol. The van der Waals surface area contributed by atoms with Gasteiger partial charge in [0.25, 0.3) is 0 Å². The van der Waals surface area contributed by atoms with E-state index in [9.17, 15) is 4.79 Å². The normalized spacial score (nSPS) is 11.3. The Morgan fingerprint density at radius 3 is 2.65 bits per heavy atom. The highest BCUT2D eigenvalue weighted by Gasteiger charge is 2.08. The van der Waals surface area contributed by atoms with Gasteiger partial charge < -0.3 is 15.0 Å². The Morgan fingerprint density at radius 2 is 2.04 bits per heavy atom. The smallest absolute Gasteiger partial charge is 0.305 e. The van der Waals surface area contributed by atoms with E-state index in [0.717, 1.165) is 30.9 Å². The minimum Gasteiger partial charge on any atom is -0.469 e. The number of nitrogens with zero attached hydrogens (tertiary/aromatic N) is 2. The summed E-state index contributed by atoms with van der Waals surface area (Å²) in [6.45, 7) is 1.41. The fourth-order valence-electron chi connectivity index (χ4n) is 2.07. The van der Waals surface area contributed by atoms with Crippen LogP contribution in [0.15, 0.2) is 23.2 Å². The van der Waals surface area contributed by atoms with Gasteiger partial charge in [-0.15, -0.1) is 0 Å². The summed E-state index contributed by atoms with van der Waals surface area (Å²) in [5, 5.41) is 4.36. The Kier molecular flexibility index (Phi) is 8.81. The Hall–Kier alpha value is -1.46. The van der Waals surface area contributed by atoms with E-state index < -0.39 is 0 Å². The number of esters is 1. The van der Waals surface area contributed by atoms with Gasteiger partial charge in [-0.25, -0.2) is 0 Å². The van der Waals surface area contributed by atoms with E-state index in [0.29, 0.717) is 23.0 Å². The number of carbonyl (C=O) groups excluding carboxylic acids is 1. The van der Waals surface area contributed by atoms with Crippen LogP contribution in [0.5, 0.6) is 0 Å². The molecule has 0 aliphatic carbocycles. The predicted octanol–water partition coefficient (Wildman–Crippen LogP) is 3.34. The van der Waals surface area contributed by atoms with Crippen LogP contribution in [0.3, 0.4) is 0 Å². The molecule has 0 radical (unpaired) electrons. The number of hydrogen-bond donors (Lipinski definition) is 1. The molecule has 0 spiro atoms. The Balaban J connectivity index is 2.41. The molecule has 23 heavy (non-hydrogen) atoms. The van der Waals surface area contributed by atoms with Crippen molar-refractivity contribution in [3.63, 3.8) is 0 Å². The van der Waals surface area contributed by atoms with Gasteiger partial charge >= 0.3 is 5.97 Å². The van der Waals surface area contributed by atoms with Crippen molar-refractivity contribution in [3.8, 4) is 0 Å². The Bertz CT molecular complexity index is 550. The standard InChI is InChI=1S/C16H23Cl2N3O2/c1-19-16(20-9-5-4-6-15(22)23-3)21(2)11-12-7-8-13(17)14(18)10-12/h7-8,10H,4-6,9,11H2,1-3H3,(H,19,20). The molecule has 0 bridgehead atoms. The number of unbranched alkanes of at least 4 members (excludes halogenated alkanes) is 1. The van der Waals surface area contributed by atoms with Gasteiger partial charge in [-0.3, -0.25) is 9.79 Å². The van der Waals surface area contributed by atoms with Crippen molar-refractivity contribution in [2.75, 3.05) is 27.7 Å². The third kappa shape index (κ3) is 7.10. The minimum absolute atomic E-state index is 0.175. The number of carbonyl (C=O) groups is 1. The number of hydrogen-bond acceptors (Lipinski definition) is 3. The van der Waals surface area contributed by atoms with E-state index in [4.69, 9.17) is 23.2 Å². The number of aliphatic imine (C=N–C) groups is 1. The molecule has 7 heteroatoms. The van der Waals surface area contributed by atoms with Gasteiger partial charge in [0.05, 0.1) is 17.2 Å². The highest BCUT2D eigenvalue weighted by atomic mass is 35.5. The summed E-state index contributed by atoms with van der Waals surface area (Å²) in [7, 11) is 5.09. The molecule has 0 aliphatic heterocycles. The molecular formula is C16H23Cl2N3O2. The van der Waals surface area contributed by atoms with Crippen LogP contribution in [-0.4, -0.2) is 44.6 Å². The zero-order valence-electron chi connectivity index (χ0n) is 13.7. The van der Waals surface area contributed by atoms with Crippen LogP contribution in [0.1, 0.15) is 24.8 Å². The van der Waals surface area contributed by atoms with Crippen molar-refractivity contribution < 1.29 is 9.53 Å². The molecular weight excluding hydrogens is 337 g/mol. The lowest BCUT2D eigenvalue weighted by Crippen LogP contribution is -2.38. The van der Waals surface area contributed by atoms with Crippen molar-refractivity contribution in [2.24, 2.45) is 4.99 Å². The van der Waals surface area contributed by atoms with Crippen molar-refractivity contribution >= 4 is 35.1 Å². The molecule has 0 atom stereocenters. The van der Waals surface area contributed by atoms with Gasteiger partial charge in [0.1, 0.15) is 0 Å². The summed E-state index contributed by atoms with van der Waals surface area (Å²) in [6, 6.07) is 5.58. The molecule has 0 unspecified atom stereocenters. The monoisotopic (exact) mass is 359 g/mol. The SMILES string of the molecule is CN=C(NCCCCC(=O)OC)N(C)Cc1ccc(Cl)c(Cl)c1. The summed E-state index contributed by atoms with van der Waals surface area (Å²) in [5.74, 6) is 0.611. The molecule has 1 N–H and O–H groups in total. The lowest BCUT2D eigenvalue weighted by molar-refractivity contribution is -0.140. The van der Waals surface area contributed by atoms with Gasteiger partial charge in [0.15, 0.2) is 5.96 Å². The van der Waals surface area contributed by atoms with Crippen LogP contribution < -0.4 is 5.32 Å². The second-order valence-electron chi connectivity index (χ2n) is 5.11. The predicted molar refractivity (Wildman–Crippen MR) is 95.2 cm³/mol. The molecule has 0 aromatic heterocycles. The first kappa shape index (κ1) is 19.6. The Morgan fingerprint density at radius 1 is 1.30 bits per heavy atom. The summed E-state index contributed by atoms with van der Waals surface area (Å²) < 4.78 is 4.61. The second kappa shape index (κ2) is 10.3. The minimum atomic E-state index is -0.175. The first-order valence-electron chi connectivity index (χ1n) is 7.40. The van der Waals surface area contributed by atoms with Gasteiger partial charge in [-0.1, -0.05) is 29.3 Å². The maximum absolute atomic E-state index is 11.0. The highest BCUT2D eigenvalue weighted by molar-refractivity contribution is 6.42. The molecule has 5 nitrogen and oxygen atoms in total. The summed E-state index contributed by atoms with van der Waals surface area (Å²) >= 11 is 12.0. The van der Waals surface area contributed by atoms with Crippen molar-refractivity contribution in [3.05, 3.63) is 33.8 Å².